The molecule has 0 fully saturated rings. The van der Waals surface area contributed by atoms with Crippen molar-refractivity contribution >= 4 is 39.1 Å². The van der Waals surface area contributed by atoms with Gasteiger partial charge in [-0.2, -0.15) is 0 Å². The first-order valence-electron chi connectivity index (χ1n) is 13.1. The van der Waals surface area contributed by atoms with Crippen LogP contribution in [0.1, 0.15) is 24.5 Å². The highest BCUT2D eigenvalue weighted by atomic mass is 35.5. The average Bonchev–Trinajstić information content (AvgIpc) is 2.96. The number of carbonyl (C=O) groups excluding carboxylic acids is 2. The summed E-state index contributed by atoms with van der Waals surface area (Å²) in [6.07, 6.45) is 1.95. The first kappa shape index (κ1) is 31.8. The van der Waals surface area contributed by atoms with Crippen LogP contribution in [0.2, 0.25) is 5.02 Å². The van der Waals surface area contributed by atoms with Crippen molar-refractivity contribution in [1.82, 2.24) is 10.2 Å². The van der Waals surface area contributed by atoms with E-state index in [0.717, 1.165) is 16.1 Å². The minimum atomic E-state index is -3.97. The summed E-state index contributed by atoms with van der Waals surface area (Å²) in [6, 6.07) is 20.1. The maximum atomic E-state index is 14.2. The number of anilines is 1. The Balaban J connectivity index is 2.10. The van der Waals surface area contributed by atoms with E-state index in [1.54, 1.807) is 36.4 Å². The summed E-state index contributed by atoms with van der Waals surface area (Å²) in [5, 5.41) is 3.38. The minimum Gasteiger partial charge on any atom is -0.497 e. The van der Waals surface area contributed by atoms with Crippen molar-refractivity contribution in [3.8, 4) is 11.5 Å². The van der Waals surface area contributed by atoms with E-state index < -0.39 is 28.5 Å². The molecule has 1 atom stereocenters. The smallest absolute Gasteiger partial charge is 0.244 e. The number of methoxy groups -OCH3 is 2. The third-order valence-electron chi connectivity index (χ3n) is 6.40. The van der Waals surface area contributed by atoms with Gasteiger partial charge in [0.05, 0.1) is 26.2 Å². The zero-order valence-electron chi connectivity index (χ0n) is 23.7. The molecular formula is C30H36ClN3O6S. The van der Waals surface area contributed by atoms with Crippen molar-refractivity contribution in [2.45, 2.75) is 32.4 Å². The summed E-state index contributed by atoms with van der Waals surface area (Å²) in [5.41, 5.74) is 1.68. The Bertz CT molecular complexity index is 1440. The van der Waals surface area contributed by atoms with Gasteiger partial charge >= 0.3 is 0 Å². The van der Waals surface area contributed by atoms with Crippen LogP contribution in [-0.4, -0.2) is 64.7 Å². The molecule has 1 N–H and O–H groups in total. The Morgan fingerprint density at radius 1 is 0.951 bits per heavy atom. The topological polar surface area (TPSA) is 105 Å². The Kier molecular flexibility index (Phi) is 11.4. The first-order chi connectivity index (χ1) is 19.6. The molecule has 0 spiro atoms. The number of ether oxygens (including phenoxy) is 2. The van der Waals surface area contributed by atoms with E-state index in [1.165, 1.54) is 25.2 Å². The van der Waals surface area contributed by atoms with Crippen LogP contribution >= 0.6 is 11.6 Å². The standard InChI is InChI=1S/C30H36ClN3O6S/c1-5-16-32-30(36)27(18-22-10-7-6-8-11-22)33(20-23-12-9-13-24(31)17-23)29(35)21-34(41(4,37)38)26-19-25(39-2)14-15-28(26)40-3/h6-15,17,19,27H,5,16,18,20-21H2,1-4H3,(H,32,36)/t27-/m0/s1. The van der Waals surface area contributed by atoms with Crippen LogP contribution in [0, 0.1) is 0 Å². The number of sulfonamides is 1. The lowest BCUT2D eigenvalue weighted by Crippen LogP contribution is -2.53. The molecule has 11 heteroatoms. The fourth-order valence-corrected chi connectivity index (χ4v) is 5.40. The summed E-state index contributed by atoms with van der Waals surface area (Å²) in [6.45, 7) is 1.82. The maximum absolute atomic E-state index is 14.2. The van der Waals surface area contributed by atoms with Crippen LogP contribution in [0.3, 0.4) is 0 Å². The molecule has 0 aliphatic heterocycles. The first-order valence-corrected chi connectivity index (χ1v) is 15.3. The van der Waals surface area contributed by atoms with E-state index in [9.17, 15) is 18.0 Å². The Labute approximate surface area is 247 Å². The fraction of sp³-hybridized carbons (Fsp3) is 0.333. The second-order valence-electron chi connectivity index (χ2n) is 9.46. The van der Waals surface area contributed by atoms with Crippen LogP contribution in [-0.2, 0) is 32.6 Å². The number of carbonyl (C=O) groups is 2. The molecule has 3 aromatic carbocycles. The molecule has 41 heavy (non-hydrogen) atoms. The maximum Gasteiger partial charge on any atom is 0.244 e. The van der Waals surface area contributed by atoms with Crippen LogP contribution in [0.15, 0.2) is 72.8 Å². The molecule has 0 saturated carbocycles. The van der Waals surface area contributed by atoms with E-state index in [2.05, 4.69) is 5.32 Å². The predicted octanol–water partition coefficient (Wildman–Crippen LogP) is 4.29. The molecule has 0 heterocycles. The van der Waals surface area contributed by atoms with Gasteiger partial charge in [-0.25, -0.2) is 8.42 Å². The van der Waals surface area contributed by atoms with E-state index in [1.807, 2.05) is 37.3 Å². The van der Waals surface area contributed by atoms with Gasteiger partial charge in [0, 0.05) is 30.6 Å². The van der Waals surface area contributed by atoms with E-state index >= 15 is 0 Å². The zero-order valence-corrected chi connectivity index (χ0v) is 25.2. The number of halogens is 1. The summed E-state index contributed by atoms with van der Waals surface area (Å²) in [4.78, 5) is 29.1. The molecule has 0 bridgehead atoms. The van der Waals surface area contributed by atoms with Gasteiger partial charge in [0.25, 0.3) is 0 Å². The van der Waals surface area contributed by atoms with Crippen LogP contribution in [0.25, 0.3) is 0 Å². The molecule has 0 aliphatic carbocycles. The van der Waals surface area contributed by atoms with Gasteiger partial charge in [-0.3, -0.25) is 13.9 Å². The van der Waals surface area contributed by atoms with Crippen molar-refractivity contribution in [2.75, 3.05) is 37.9 Å². The summed E-state index contributed by atoms with van der Waals surface area (Å²) < 4.78 is 37.8. The number of hydrogen-bond acceptors (Lipinski definition) is 6. The van der Waals surface area contributed by atoms with Gasteiger partial charge in [0.1, 0.15) is 24.1 Å². The number of hydrogen-bond donors (Lipinski definition) is 1. The van der Waals surface area contributed by atoms with Gasteiger partial charge < -0.3 is 19.7 Å². The summed E-state index contributed by atoms with van der Waals surface area (Å²) in [7, 11) is -1.11. The van der Waals surface area contributed by atoms with Crippen LogP contribution < -0.4 is 19.1 Å². The lowest BCUT2D eigenvalue weighted by molar-refractivity contribution is -0.140. The van der Waals surface area contributed by atoms with Crippen molar-refractivity contribution in [2.24, 2.45) is 0 Å². The molecular weight excluding hydrogens is 566 g/mol. The molecule has 0 radical (unpaired) electrons. The number of benzene rings is 3. The molecule has 9 nitrogen and oxygen atoms in total. The highest BCUT2D eigenvalue weighted by molar-refractivity contribution is 7.92. The highest BCUT2D eigenvalue weighted by Gasteiger charge is 2.33. The molecule has 0 aromatic heterocycles. The third-order valence-corrected chi connectivity index (χ3v) is 7.76. The second kappa shape index (κ2) is 14.7. The Hall–Kier alpha value is -3.76. The fourth-order valence-electron chi connectivity index (χ4n) is 4.34. The molecule has 2 amide bonds. The quantitative estimate of drug-likeness (QED) is 0.296. The van der Waals surface area contributed by atoms with E-state index in [-0.39, 0.29) is 30.3 Å². The van der Waals surface area contributed by atoms with Crippen molar-refractivity contribution in [1.29, 1.82) is 0 Å². The predicted molar refractivity (Wildman–Crippen MR) is 161 cm³/mol. The van der Waals surface area contributed by atoms with Gasteiger partial charge in [0.15, 0.2) is 0 Å². The highest BCUT2D eigenvalue weighted by Crippen LogP contribution is 2.34. The summed E-state index contributed by atoms with van der Waals surface area (Å²) in [5.74, 6) is -0.283. The van der Waals surface area contributed by atoms with Crippen molar-refractivity contribution in [3.63, 3.8) is 0 Å². The lowest BCUT2D eigenvalue weighted by atomic mass is 10.0. The zero-order chi connectivity index (χ0) is 30.0. The molecule has 220 valence electrons. The van der Waals surface area contributed by atoms with Crippen LogP contribution in [0.5, 0.6) is 11.5 Å². The minimum absolute atomic E-state index is 0.0310. The largest absolute Gasteiger partial charge is 0.497 e. The van der Waals surface area contributed by atoms with Crippen LogP contribution in [0.4, 0.5) is 5.69 Å². The number of rotatable bonds is 14. The van der Waals surface area contributed by atoms with Gasteiger partial charge in [-0.1, -0.05) is 61.0 Å². The van der Waals surface area contributed by atoms with Gasteiger partial charge in [0.2, 0.25) is 21.8 Å². The molecule has 3 rings (SSSR count). The number of amides is 2. The lowest BCUT2D eigenvalue weighted by Gasteiger charge is -2.33. The molecule has 0 aliphatic rings. The van der Waals surface area contributed by atoms with Gasteiger partial charge in [-0.05, 0) is 41.8 Å². The number of nitrogens with one attached hydrogen (secondary N) is 1. The van der Waals surface area contributed by atoms with Crippen molar-refractivity contribution < 1.29 is 27.5 Å². The Morgan fingerprint density at radius 3 is 2.27 bits per heavy atom. The van der Waals surface area contributed by atoms with E-state index in [4.69, 9.17) is 21.1 Å². The summed E-state index contributed by atoms with van der Waals surface area (Å²) >= 11 is 6.24. The normalized spacial score (nSPS) is 11.8. The van der Waals surface area contributed by atoms with Crippen molar-refractivity contribution in [3.05, 3.63) is 88.9 Å². The molecule has 3 aromatic rings. The SMILES string of the molecule is CCCNC(=O)[C@H](Cc1ccccc1)N(Cc1cccc(Cl)c1)C(=O)CN(c1cc(OC)ccc1OC)S(C)(=O)=O. The second-order valence-corrected chi connectivity index (χ2v) is 11.8. The molecule has 0 unspecified atom stereocenters. The average molecular weight is 602 g/mol. The Morgan fingerprint density at radius 2 is 1.66 bits per heavy atom. The number of nitrogens with zero attached hydrogens (tertiary/aromatic N) is 2. The third kappa shape index (κ3) is 8.86. The monoisotopic (exact) mass is 601 g/mol. The molecule has 0 saturated heterocycles. The van der Waals surface area contributed by atoms with E-state index in [0.29, 0.717) is 29.3 Å². The van der Waals surface area contributed by atoms with Gasteiger partial charge in [-0.15, -0.1) is 0 Å².